The molecule has 9 nitrogen and oxygen atoms in total. The molecule has 0 bridgehead atoms. The molecule has 20 heavy (non-hydrogen) atoms. The topological polar surface area (TPSA) is 129 Å². The van der Waals surface area contributed by atoms with Gasteiger partial charge in [0.1, 0.15) is 17.6 Å². The molecule has 1 aliphatic rings. The lowest BCUT2D eigenvalue weighted by Gasteiger charge is -2.25. The highest BCUT2D eigenvalue weighted by atomic mass is 16.5. The van der Waals surface area contributed by atoms with Crippen LogP contribution in [0.3, 0.4) is 0 Å². The zero-order chi connectivity index (χ0) is 14.6. The number of hydrogen-bond acceptors (Lipinski definition) is 5. The van der Waals surface area contributed by atoms with Crippen LogP contribution in [0.1, 0.15) is 12.7 Å². The van der Waals surface area contributed by atoms with Gasteiger partial charge in [-0.15, -0.1) is 0 Å². The summed E-state index contributed by atoms with van der Waals surface area (Å²) in [6.07, 6.45) is 1.91. The SMILES string of the molecule is CC1(C(=O)O)COCC1NC(=O)NCCc1ncn[nH]1. The van der Waals surface area contributed by atoms with Gasteiger partial charge < -0.3 is 20.5 Å². The van der Waals surface area contributed by atoms with Crippen LogP contribution in [-0.2, 0) is 16.0 Å². The maximum absolute atomic E-state index is 11.7. The molecule has 2 unspecified atom stereocenters. The highest BCUT2D eigenvalue weighted by Crippen LogP contribution is 2.28. The highest BCUT2D eigenvalue weighted by molar-refractivity contribution is 5.79. The van der Waals surface area contributed by atoms with E-state index in [9.17, 15) is 14.7 Å². The van der Waals surface area contributed by atoms with Crippen molar-refractivity contribution < 1.29 is 19.4 Å². The van der Waals surface area contributed by atoms with Crippen LogP contribution in [0.15, 0.2) is 6.33 Å². The van der Waals surface area contributed by atoms with Gasteiger partial charge in [0, 0.05) is 13.0 Å². The summed E-state index contributed by atoms with van der Waals surface area (Å²) in [6, 6.07) is -0.974. The molecule has 0 spiro atoms. The fourth-order valence-electron chi connectivity index (χ4n) is 1.94. The molecule has 1 fully saturated rings. The Balaban J connectivity index is 1.78. The van der Waals surface area contributed by atoms with E-state index in [-0.39, 0.29) is 13.2 Å². The molecule has 1 aliphatic heterocycles. The number of aliphatic carboxylic acids is 1. The second-order valence-corrected chi connectivity index (χ2v) is 4.87. The van der Waals surface area contributed by atoms with E-state index in [0.29, 0.717) is 18.8 Å². The maximum atomic E-state index is 11.7. The first-order chi connectivity index (χ1) is 9.52. The molecule has 0 radical (unpaired) electrons. The van der Waals surface area contributed by atoms with Gasteiger partial charge in [0.05, 0.1) is 19.3 Å². The summed E-state index contributed by atoms with van der Waals surface area (Å²) in [6.45, 7) is 2.21. The van der Waals surface area contributed by atoms with Gasteiger partial charge in [-0.25, -0.2) is 9.78 Å². The van der Waals surface area contributed by atoms with Gasteiger partial charge >= 0.3 is 12.0 Å². The minimum atomic E-state index is -1.09. The molecule has 110 valence electrons. The first-order valence-electron chi connectivity index (χ1n) is 6.22. The second-order valence-electron chi connectivity index (χ2n) is 4.87. The number of carboxylic acids is 1. The number of hydrogen-bond donors (Lipinski definition) is 4. The van der Waals surface area contributed by atoms with Crippen molar-refractivity contribution in [1.29, 1.82) is 0 Å². The number of nitrogens with zero attached hydrogens (tertiary/aromatic N) is 2. The van der Waals surface area contributed by atoms with Crippen LogP contribution >= 0.6 is 0 Å². The third-order valence-electron chi connectivity index (χ3n) is 3.36. The van der Waals surface area contributed by atoms with E-state index in [4.69, 9.17) is 4.74 Å². The normalized spacial score (nSPS) is 25.4. The molecular weight excluding hydrogens is 266 g/mol. The molecule has 1 aromatic heterocycles. The van der Waals surface area contributed by atoms with Crippen molar-refractivity contribution in [2.45, 2.75) is 19.4 Å². The fraction of sp³-hybridized carbons (Fsp3) is 0.636. The van der Waals surface area contributed by atoms with E-state index in [1.165, 1.54) is 6.33 Å². The summed E-state index contributed by atoms with van der Waals surface area (Å²) >= 11 is 0. The Morgan fingerprint density at radius 1 is 1.65 bits per heavy atom. The lowest BCUT2D eigenvalue weighted by Crippen LogP contribution is -2.52. The van der Waals surface area contributed by atoms with Gasteiger partial charge in [0.15, 0.2) is 0 Å². The number of carbonyl (C=O) groups is 2. The summed E-state index contributed by atoms with van der Waals surface area (Å²) in [5, 5.41) is 20.8. The van der Waals surface area contributed by atoms with E-state index in [1.54, 1.807) is 6.92 Å². The van der Waals surface area contributed by atoms with Crippen LogP contribution in [0.2, 0.25) is 0 Å². The number of aromatic nitrogens is 3. The summed E-state index contributed by atoms with van der Waals surface area (Å²) in [5.41, 5.74) is -1.09. The number of aromatic amines is 1. The van der Waals surface area contributed by atoms with Crippen molar-refractivity contribution in [1.82, 2.24) is 25.8 Å². The summed E-state index contributed by atoms with van der Waals surface area (Å²) < 4.78 is 5.15. The van der Waals surface area contributed by atoms with Crippen LogP contribution in [-0.4, -0.2) is 58.1 Å². The average Bonchev–Trinajstić information content (AvgIpc) is 3.01. The number of nitrogens with one attached hydrogen (secondary N) is 3. The third kappa shape index (κ3) is 3.05. The number of carbonyl (C=O) groups excluding carboxylic acids is 1. The molecule has 9 heteroatoms. The first kappa shape index (κ1) is 14.3. The van der Waals surface area contributed by atoms with Gasteiger partial charge in [-0.2, -0.15) is 5.10 Å². The zero-order valence-electron chi connectivity index (χ0n) is 11.0. The lowest BCUT2D eigenvalue weighted by molar-refractivity contribution is -0.148. The molecule has 2 rings (SSSR count). The Hall–Kier alpha value is -2.16. The number of amides is 2. The van der Waals surface area contributed by atoms with Gasteiger partial charge in [-0.1, -0.05) is 0 Å². The Bertz CT molecular complexity index is 477. The third-order valence-corrected chi connectivity index (χ3v) is 3.36. The molecule has 2 amide bonds. The molecule has 0 saturated carbocycles. The zero-order valence-corrected chi connectivity index (χ0v) is 11.0. The standard InChI is InChI=1S/C11H17N5O4/c1-11(9(17)18)5-20-4-7(11)15-10(19)12-3-2-8-13-6-14-16-8/h6-7H,2-5H2,1H3,(H,17,18)(H2,12,15,19)(H,13,14,16). The predicted octanol–water partition coefficient (Wildman–Crippen LogP) is -0.864. The Morgan fingerprint density at radius 3 is 3.10 bits per heavy atom. The lowest BCUT2D eigenvalue weighted by atomic mass is 9.85. The molecular formula is C11H17N5O4. The van der Waals surface area contributed by atoms with Crippen LogP contribution < -0.4 is 10.6 Å². The van der Waals surface area contributed by atoms with Crippen molar-refractivity contribution in [2.75, 3.05) is 19.8 Å². The quantitative estimate of drug-likeness (QED) is 0.556. The van der Waals surface area contributed by atoms with Crippen LogP contribution in [0.4, 0.5) is 4.79 Å². The summed E-state index contributed by atoms with van der Waals surface area (Å²) in [4.78, 5) is 26.9. The number of rotatable bonds is 5. The minimum Gasteiger partial charge on any atom is -0.481 e. The monoisotopic (exact) mass is 283 g/mol. The molecule has 1 saturated heterocycles. The molecule has 2 heterocycles. The van der Waals surface area contributed by atoms with Crippen molar-refractivity contribution in [3.63, 3.8) is 0 Å². The van der Waals surface area contributed by atoms with Crippen LogP contribution in [0.5, 0.6) is 0 Å². The largest absolute Gasteiger partial charge is 0.481 e. The second kappa shape index (κ2) is 5.87. The molecule has 2 atom stereocenters. The van der Waals surface area contributed by atoms with E-state index in [0.717, 1.165) is 0 Å². The van der Waals surface area contributed by atoms with E-state index >= 15 is 0 Å². The van der Waals surface area contributed by atoms with Crippen molar-refractivity contribution in [2.24, 2.45) is 5.41 Å². The maximum Gasteiger partial charge on any atom is 0.315 e. The van der Waals surface area contributed by atoms with Crippen molar-refractivity contribution in [3.05, 3.63) is 12.2 Å². The predicted molar refractivity (Wildman–Crippen MR) is 67.0 cm³/mol. The van der Waals surface area contributed by atoms with Crippen LogP contribution in [0, 0.1) is 5.41 Å². The van der Waals surface area contributed by atoms with Gasteiger partial charge in [0.25, 0.3) is 0 Å². The van der Waals surface area contributed by atoms with Crippen molar-refractivity contribution >= 4 is 12.0 Å². The molecule has 4 N–H and O–H groups in total. The summed E-state index contributed by atoms with van der Waals surface area (Å²) in [5.74, 6) is -0.313. The number of H-pyrrole nitrogens is 1. The van der Waals surface area contributed by atoms with Gasteiger partial charge in [0.2, 0.25) is 0 Å². The molecule has 0 aromatic carbocycles. The average molecular weight is 283 g/mol. The number of carboxylic acid groups (broad SMARTS) is 1. The smallest absolute Gasteiger partial charge is 0.315 e. The van der Waals surface area contributed by atoms with Crippen LogP contribution in [0.25, 0.3) is 0 Å². The van der Waals surface area contributed by atoms with Gasteiger partial charge in [-0.3, -0.25) is 9.89 Å². The summed E-state index contributed by atoms with van der Waals surface area (Å²) in [7, 11) is 0. The highest BCUT2D eigenvalue weighted by Gasteiger charge is 2.47. The number of ether oxygens (including phenoxy) is 1. The Labute approximate surface area is 115 Å². The minimum absolute atomic E-state index is 0.0886. The fourth-order valence-corrected chi connectivity index (χ4v) is 1.94. The molecule has 1 aromatic rings. The van der Waals surface area contributed by atoms with Crippen molar-refractivity contribution in [3.8, 4) is 0 Å². The number of urea groups is 1. The Kier molecular flexibility index (Phi) is 4.18. The first-order valence-corrected chi connectivity index (χ1v) is 6.22. The van der Waals surface area contributed by atoms with E-state index in [2.05, 4.69) is 25.8 Å². The van der Waals surface area contributed by atoms with E-state index in [1.807, 2.05) is 0 Å². The Morgan fingerprint density at radius 2 is 2.45 bits per heavy atom. The van der Waals surface area contributed by atoms with E-state index < -0.39 is 23.5 Å². The van der Waals surface area contributed by atoms with Gasteiger partial charge in [-0.05, 0) is 6.92 Å². The molecule has 0 aliphatic carbocycles.